The molecule has 2 aromatic rings. The van der Waals surface area contributed by atoms with Gasteiger partial charge in [0.05, 0.1) is 53.1 Å². The number of ether oxygens (including phenoxy) is 10. The Labute approximate surface area is 419 Å². The van der Waals surface area contributed by atoms with Gasteiger partial charge in [0.15, 0.2) is 36.2 Å². The van der Waals surface area contributed by atoms with Crippen molar-refractivity contribution in [2.24, 2.45) is 17.8 Å². The summed E-state index contributed by atoms with van der Waals surface area (Å²) in [5.41, 5.74) is -3.84. The number of carbonyl (C=O) groups is 5. The molecule has 0 saturated carbocycles. The number of esters is 4. The second kappa shape index (κ2) is 24.4. The molecule has 3 aliphatic heterocycles. The summed E-state index contributed by atoms with van der Waals surface area (Å²) >= 11 is 0. The highest BCUT2D eigenvalue weighted by Gasteiger charge is 2.54. The first kappa shape index (κ1) is 57.3. The maximum atomic E-state index is 14.8. The highest BCUT2D eigenvalue weighted by Crippen LogP contribution is 2.42. The van der Waals surface area contributed by atoms with Gasteiger partial charge in [-0.05, 0) is 111 Å². The molecule has 0 aliphatic carbocycles. The summed E-state index contributed by atoms with van der Waals surface area (Å²) < 4.78 is 63.8. The molecular weight excluding hydrogens is 919 g/mol. The number of hydrogen-bond acceptors (Lipinski definition) is 17. The lowest BCUT2D eigenvalue weighted by molar-refractivity contribution is -0.318. The van der Waals surface area contributed by atoms with Crippen molar-refractivity contribution >= 4 is 29.7 Å². The Hall–Kier alpha value is -4.59. The van der Waals surface area contributed by atoms with Crippen LogP contribution in [0.1, 0.15) is 116 Å². The highest BCUT2D eigenvalue weighted by atomic mass is 16.7. The number of ketones is 1. The van der Waals surface area contributed by atoms with E-state index in [4.69, 9.17) is 47.4 Å². The molecule has 71 heavy (non-hydrogen) atoms. The number of methoxy groups -OCH3 is 2. The predicted molar refractivity (Wildman–Crippen MR) is 260 cm³/mol. The molecule has 3 heterocycles. The number of allylic oxidation sites excluding steroid dienone is 1. The summed E-state index contributed by atoms with van der Waals surface area (Å²) in [7, 11) is 6.77. The van der Waals surface area contributed by atoms with E-state index in [1.54, 1.807) is 109 Å². The van der Waals surface area contributed by atoms with Crippen LogP contribution in [0.5, 0.6) is 0 Å². The maximum Gasteiger partial charge on any atom is 0.338 e. The summed E-state index contributed by atoms with van der Waals surface area (Å²) in [6, 6.07) is 16.8. The van der Waals surface area contributed by atoms with Gasteiger partial charge in [0, 0.05) is 39.4 Å². The lowest BCUT2D eigenvalue weighted by Crippen LogP contribution is -2.61. The molecule has 17 heteroatoms. The Morgan fingerprint density at radius 3 is 1.89 bits per heavy atom. The molecule has 1 N–H and O–H groups in total. The molecule has 0 bridgehead atoms. The second-order valence-electron chi connectivity index (χ2n) is 20.2. The van der Waals surface area contributed by atoms with E-state index in [1.807, 2.05) is 32.8 Å². The van der Waals surface area contributed by atoms with E-state index in [0.717, 1.165) is 0 Å². The van der Waals surface area contributed by atoms with Crippen molar-refractivity contribution in [3.8, 4) is 0 Å². The quantitative estimate of drug-likeness (QED) is 0.155. The van der Waals surface area contributed by atoms with Crippen LogP contribution < -0.4 is 0 Å². The van der Waals surface area contributed by atoms with E-state index < -0.39 is 114 Å². The van der Waals surface area contributed by atoms with Crippen molar-refractivity contribution in [3.63, 3.8) is 0 Å². The third kappa shape index (κ3) is 13.7. The molecule has 0 aromatic heterocycles. The molecule has 17 nitrogen and oxygen atoms in total. The average molecular weight is 996 g/mol. The van der Waals surface area contributed by atoms with Crippen LogP contribution >= 0.6 is 0 Å². The van der Waals surface area contributed by atoms with E-state index in [0.29, 0.717) is 17.5 Å². The topological polar surface area (TPSA) is 201 Å². The van der Waals surface area contributed by atoms with Crippen molar-refractivity contribution in [2.75, 3.05) is 34.9 Å². The third-order valence-electron chi connectivity index (χ3n) is 14.4. The number of likely N-dealkylation sites (N-methyl/N-ethyl adjacent to an activating group) is 1. The molecule has 0 amide bonds. The molecule has 0 spiro atoms. The minimum absolute atomic E-state index is 0.0270. The molecular formula is C54H77NO16. The van der Waals surface area contributed by atoms with Gasteiger partial charge in [-0.2, -0.15) is 0 Å². The van der Waals surface area contributed by atoms with Gasteiger partial charge >= 0.3 is 23.9 Å². The number of carbonyl (C=O) groups excluding carboxylic acids is 5. The van der Waals surface area contributed by atoms with Crippen LogP contribution in [0.4, 0.5) is 0 Å². The third-order valence-corrected chi connectivity index (χ3v) is 14.4. The molecule has 3 aliphatic rings. The van der Waals surface area contributed by atoms with Crippen LogP contribution in [-0.2, 0) is 61.8 Å². The first-order valence-electron chi connectivity index (χ1n) is 24.6. The lowest BCUT2D eigenvalue weighted by Gasteiger charge is -2.50. The van der Waals surface area contributed by atoms with E-state index in [-0.39, 0.29) is 42.8 Å². The van der Waals surface area contributed by atoms with E-state index in [2.05, 4.69) is 0 Å². The van der Waals surface area contributed by atoms with Crippen molar-refractivity contribution in [2.45, 2.75) is 173 Å². The SMILES string of the molecule is CC[C@H]1OC(=O)[C@H](C)[C@@H](OC2C[C@@](C)(OC)[C@@H](OC(=O)c3ccccc3)[C@H](C)O2)[C@H](C)[C@@H](OC2O[C@H](C)C[C@H](N(C)C)[C@H]2OC(=O)c2ccccc2)[C@](C)(OC)C[C@@H](C)C(=O)/C(C)=C/[C@@]1(O)COC(C)=O. The Morgan fingerprint density at radius 1 is 0.789 bits per heavy atom. The van der Waals surface area contributed by atoms with Gasteiger partial charge in [0.25, 0.3) is 0 Å². The molecule has 2 aromatic carbocycles. The second-order valence-corrected chi connectivity index (χ2v) is 20.2. The van der Waals surface area contributed by atoms with Gasteiger partial charge in [0.2, 0.25) is 0 Å². The molecule has 2 unspecified atom stereocenters. The lowest BCUT2D eigenvalue weighted by atomic mass is 9.76. The molecule has 394 valence electrons. The summed E-state index contributed by atoms with van der Waals surface area (Å²) in [5.74, 6) is -5.79. The van der Waals surface area contributed by atoms with Crippen molar-refractivity contribution in [1.29, 1.82) is 0 Å². The Morgan fingerprint density at radius 2 is 1.35 bits per heavy atom. The zero-order valence-electron chi connectivity index (χ0n) is 43.9. The Balaban J connectivity index is 1.65. The number of cyclic esters (lactones) is 1. The number of aliphatic hydroxyl groups is 1. The fourth-order valence-electron chi connectivity index (χ4n) is 10.3. The van der Waals surface area contributed by atoms with E-state index in [1.165, 1.54) is 27.2 Å². The van der Waals surface area contributed by atoms with Crippen LogP contribution in [0, 0.1) is 17.8 Å². The minimum Gasteiger partial charge on any atom is -0.462 e. The number of Topliss-reactive ketones (excluding diaryl/α,β-unsaturated/α-hetero) is 1. The first-order chi connectivity index (χ1) is 33.4. The number of rotatable bonds is 14. The van der Waals surface area contributed by atoms with Crippen LogP contribution in [0.3, 0.4) is 0 Å². The van der Waals surface area contributed by atoms with Gasteiger partial charge < -0.3 is 57.4 Å². The summed E-state index contributed by atoms with van der Waals surface area (Å²) in [4.78, 5) is 70.7. The smallest absolute Gasteiger partial charge is 0.338 e. The first-order valence-corrected chi connectivity index (χ1v) is 24.6. The van der Waals surface area contributed by atoms with Crippen molar-refractivity contribution in [3.05, 3.63) is 83.4 Å². The highest BCUT2D eigenvalue weighted by molar-refractivity contribution is 5.96. The minimum atomic E-state index is -2.11. The van der Waals surface area contributed by atoms with Gasteiger partial charge in [0.1, 0.15) is 18.3 Å². The standard InChI is InChI=1S/C54H77NO16/c1-15-41-54(61,30-64-37(8)56)28-32(3)43(57)31(2)27-52(9,62-13)46(71-51-45(40(55(11)12)26-33(4)65-51)69-49(59)38-22-18-16-19-23-38)34(5)44(35(6)48(58)67-41)68-42-29-53(10,63-14)47(36(7)66-42)70-50(60)39-24-20-17-21-25-39/h16-25,28,31,33-36,40-42,44-47,51,61H,15,26-27,29-30H2,1-14H3/b32-28+/t31-,33-,34+,35-,36+,40+,41-,42?,44+,45-,46-,47+,51?,52-,53-,54-/m1/s1. The Kier molecular flexibility index (Phi) is 19.7. The van der Waals surface area contributed by atoms with Gasteiger partial charge in [-0.1, -0.05) is 57.2 Å². The molecule has 16 atom stereocenters. The van der Waals surface area contributed by atoms with Gasteiger partial charge in [-0.15, -0.1) is 0 Å². The van der Waals surface area contributed by atoms with Crippen LogP contribution in [0.25, 0.3) is 0 Å². The summed E-state index contributed by atoms with van der Waals surface area (Å²) in [6.45, 7) is 16.2. The van der Waals surface area contributed by atoms with Crippen LogP contribution in [-0.4, -0.2) is 153 Å². The monoisotopic (exact) mass is 996 g/mol. The average Bonchev–Trinajstić information content (AvgIpc) is 3.34. The maximum absolute atomic E-state index is 14.8. The number of hydrogen-bond donors (Lipinski definition) is 1. The fourth-order valence-corrected chi connectivity index (χ4v) is 10.3. The summed E-state index contributed by atoms with van der Waals surface area (Å²) in [5, 5.41) is 12.3. The van der Waals surface area contributed by atoms with E-state index in [9.17, 15) is 29.1 Å². The number of benzene rings is 2. The normalized spacial score (nSPS) is 37.2. The molecule has 2 saturated heterocycles. The molecule has 5 rings (SSSR count). The predicted octanol–water partition coefficient (Wildman–Crippen LogP) is 6.66. The van der Waals surface area contributed by atoms with Gasteiger partial charge in [-0.3, -0.25) is 14.4 Å². The zero-order chi connectivity index (χ0) is 52.6. The largest absolute Gasteiger partial charge is 0.462 e. The van der Waals surface area contributed by atoms with E-state index >= 15 is 0 Å². The van der Waals surface area contributed by atoms with Crippen molar-refractivity contribution in [1.82, 2.24) is 4.90 Å². The number of nitrogens with zero attached hydrogens (tertiary/aromatic N) is 1. The van der Waals surface area contributed by atoms with Crippen molar-refractivity contribution < 1.29 is 76.4 Å². The van der Waals surface area contributed by atoms with Crippen LogP contribution in [0.15, 0.2) is 72.3 Å². The summed E-state index contributed by atoms with van der Waals surface area (Å²) in [6.07, 6.45) is -6.99. The van der Waals surface area contributed by atoms with Crippen LogP contribution in [0.2, 0.25) is 0 Å². The molecule has 0 radical (unpaired) electrons. The zero-order valence-corrected chi connectivity index (χ0v) is 43.9. The molecule has 2 fully saturated rings. The van der Waals surface area contributed by atoms with Gasteiger partial charge in [-0.25, -0.2) is 9.59 Å². The Bertz CT molecular complexity index is 2150. The fraction of sp³-hybridized carbons (Fsp3) is 0.648.